The molecule has 0 unspecified atom stereocenters. The fourth-order valence-electron chi connectivity index (χ4n) is 1.91. The summed E-state index contributed by atoms with van der Waals surface area (Å²) in [5.41, 5.74) is 5.99. The maximum absolute atomic E-state index is 14.1. The first-order valence-electron chi connectivity index (χ1n) is 6.52. The summed E-state index contributed by atoms with van der Waals surface area (Å²) in [7, 11) is 0. The van der Waals surface area contributed by atoms with Crippen molar-refractivity contribution >= 4 is 5.84 Å². The van der Waals surface area contributed by atoms with Gasteiger partial charge in [0.25, 0.3) is 0 Å². The molecule has 0 aliphatic rings. The standard InChI is InChI=1S/C13H17FN6O/c14-12-10(3-1-4-11(12)13(15)18-21)9-16-5-2-7-20-8-6-17-19-20/h1,3-4,6,8,16,21H,2,5,7,9H2,(H2,15,18). The normalized spacial score (nSPS) is 11.8. The Labute approximate surface area is 121 Å². The van der Waals surface area contributed by atoms with Crippen LogP contribution < -0.4 is 11.1 Å². The summed E-state index contributed by atoms with van der Waals surface area (Å²) in [5, 5.41) is 22.1. The zero-order valence-corrected chi connectivity index (χ0v) is 11.4. The van der Waals surface area contributed by atoms with Crippen LogP contribution in [0.4, 0.5) is 4.39 Å². The number of halogens is 1. The van der Waals surface area contributed by atoms with Crippen LogP contribution in [0.15, 0.2) is 35.7 Å². The van der Waals surface area contributed by atoms with E-state index in [0.29, 0.717) is 18.7 Å². The molecule has 0 aliphatic heterocycles. The Hall–Kier alpha value is -2.48. The molecule has 0 aliphatic carbocycles. The minimum absolute atomic E-state index is 0.0967. The van der Waals surface area contributed by atoms with Crippen LogP contribution in [0.3, 0.4) is 0 Å². The number of hydrogen-bond acceptors (Lipinski definition) is 5. The van der Waals surface area contributed by atoms with Crippen molar-refractivity contribution in [1.82, 2.24) is 20.3 Å². The first-order chi connectivity index (χ1) is 10.2. The number of nitrogens with one attached hydrogen (secondary N) is 1. The van der Waals surface area contributed by atoms with Crippen LogP contribution in [0.5, 0.6) is 0 Å². The third kappa shape index (κ3) is 3.99. The summed E-state index contributed by atoms with van der Waals surface area (Å²) in [6.07, 6.45) is 4.27. The number of nitrogens with two attached hydrogens (primary N) is 1. The molecule has 0 spiro atoms. The molecular weight excluding hydrogens is 275 g/mol. The van der Waals surface area contributed by atoms with Crippen molar-refractivity contribution in [2.75, 3.05) is 6.54 Å². The largest absolute Gasteiger partial charge is 0.409 e. The Kier molecular flexibility index (Phi) is 5.22. The van der Waals surface area contributed by atoms with Crippen LogP contribution >= 0.6 is 0 Å². The van der Waals surface area contributed by atoms with Gasteiger partial charge in [0.05, 0.1) is 11.8 Å². The quantitative estimate of drug-likeness (QED) is 0.229. The minimum atomic E-state index is -0.475. The maximum atomic E-state index is 14.1. The molecule has 112 valence electrons. The second-order valence-electron chi connectivity index (χ2n) is 4.46. The van der Waals surface area contributed by atoms with Gasteiger partial charge in [0.2, 0.25) is 0 Å². The van der Waals surface area contributed by atoms with Gasteiger partial charge in [-0.15, -0.1) is 5.10 Å². The topological polar surface area (TPSA) is 101 Å². The number of oxime groups is 1. The van der Waals surface area contributed by atoms with Gasteiger partial charge < -0.3 is 16.3 Å². The molecule has 2 rings (SSSR count). The first-order valence-corrected chi connectivity index (χ1v) is 6.52. The Balaban J connectivity index is 1.83. The molecular formula is C13H17FN6O. The summed E-state index contributed by atoms with van der Waals surface area (Å²) >= 11 is 0. The van der Waals surface area contributed by atoms with Crippen molar-refractivity contribution in [3.05, 3.63) is 47.5 Å². The number of hydrogen-bond donors (Lipinski definition) is 3. The number of rotatable bonds is 7. The zero-order chi connectivity index (χ0) is 15.1. The lowest BCUT2D eigenvalue weighted by molar-refractivity contribution is 0.318. The van der Waals surface area contributed by atoms with Crippen LogP contribution in [0.2, 0.25) is 0 Å². The average Bonchev–Trinajstić information content (AvgIpc) is 3.01. The summed E-state index contributed by atoms with van der Waals surface area (Å²) in [4.78, 5) is 0. The molecule has 0 amide bonds. The monoisotopic (exact) mass is 292 g/mol. The van der Waals surface area contributed by atoms with Gasteiger partial charge in [-0.3, -0.25) is 4.68 Å². The SMILES string of the molecule is N/C(=N/O)c1cccc(CNCCCn2ccnn2)c1F. The van der Waals surface area contributed by atoms with E-state index in [2.05, 4.69) is 20.8 Å². The van der Waals surface area contributed by atoms with Gasteiger partial charge in [0, 0.05) is 24.8 Å². The van der Waals surface area contributed by atoms with Crippen molar-refractivity contribution in [3.63, 3.8) is 0 Å². The number of nitrogens with zero attached hydrogens (tertiary/aromatic N) is 4. The van der Waals surface area contributed by atoms with E-state index in [0.717, 1.165) is 13.0 Å². The van der Waals surface area contributed by atoms with Crippen LogP contribution in [0, 0.1) is 5.82 Å². The van der Waals surface area contributed by atoms with E-state index in [4.69, 9.17) is 10.9 Å². The molecule has 21 heavy (non-hydrogen) atoms. The second-order valence-corrected chi connectivity index (χ2v) is 4.46. The van der Waals surface area contributed by atoms with E-state index >= 15 is 0 Å². The van der Waals surface area contributed by atoms with Gasteiger partial charge in [0.15, 0.2) is 5.84 Å². The second kappa shape index (κ2) is 7.34. The molecule has 2 aromatic rings. The van der Waals surface area contributed by atoms with E-state index in [1.54, 1.807) is 29.2 Å². The number of aryl methyl sites for hydroxylation is 1. The third-order valence-electron chi connectivity index (χ3n) is 2.99. The van der Waals surface area contributed by atoms with Crippen molar-refractivity contribution in [2.24, 2.45) is 10.9 Å². The van der Waals surface area contributed by atoms with Gasteiger partial charge in [-0.05, 0) is 19.0 Å². The Morgan fingerprint density at radius 1 is 1.48 bits per heavy atom. The highest BCUT2D eigenvalue weighted by Crippen LogP contribution is 2.12. The Morgan fingerprint density at radius 2 is 2.33 bits per heavy atom. The highest BCUT2D eigenvalue weighted by molar-refractivity contribution is 5.97. The highest BCUT2D eigenvalue weighted by atomic mass is 19.1. The minimum Gasteiger partial charge on any atom is -0.409 e. The third-order valence-corrected chi connectivity index (χ3v) is 2.99. The first kappa shape index (κ1) is 14.9. The molecule has 0 saturated heterocycles. The van der Waals surface area contributed by atoms with Crippen LogP contribution in [-0.2, 0) is 13.1 Å². The smallest absolute Gasteiger partial charge is 0.173 e. The molecule has 0 saturated carbocycles. The van der Waals surface area contributed by atoms with Crippen LogP contribution in [-0.4, -0.2) is 32.6 Å². The van der Waals surface area contributed by atoms with E-state index in [1.165, 1.54) is 6.07 Å². The van der Waals surface area contributed by atoms with Crippen molar-refractivity contribution in [3.8, 4) is 0 Å². The number of amidine groups is 1. The lowest BCUT2D eigenvalue weighted by Gasteiger charge is -2.08. The van der Waals surface area contributed by atoms with E-state index in [-0.39, 0.29) is 11.4 Å². The molecule has 0 fully saturated rings. The predicted molar refractivity (Wildman–Crippen MR) is 75.3 cm³/mol. The summed E-state index contributed by atoms with van der Waals surface area (Å²) in [6.45, 7) is 1.84. The van der Waals surface area contributed by atoms with Crippen molar-refractivity contribution in [2.45, 2.75) is 19.5 Å². The average molecular weight is 292 g/mol. The molecule has 0 bridgehead atoms. The van der Waals surface area contributed by atoms with Gasteiger partial charge in [0.1, 0.15) is 5.82 Å². The van der Waals surface area contributed by atoms with E-state index < -0.39 is 5.82 Å². The summed E-state index contributed by atoms with van der Waals surface area (Å²) < 4.78 is 15.8. The van der Waals surface area contributed by atoms with E-state index in [1.807, 2.05) is 0 Å². The lowest BCUT2D eigenvalue weighted by Crippen LogP contribution is -2.20. The van der Waals surface area contributed by atoms with Crippen LogP contribution in [0.25, 0.3) is 0 Å². The van der Waals surface area contributed by atoms with Gasteiger partial charge in [-0.1, -0.05) is 22.5 Å². The van der Waals surface area contributed by atoms with Crippen LogP contribution in [0.1, 0.15) is 17.5 Å². The lowest BCUT2D eigenvalue weighted by atomic mass is 10.1. The molecule has 0 radical (unpaired) electrons. The summed E-state index contributed by atoms with van der Waals surface area (Å²) in [6, 6.07) is 4.80. The zero-order valence-electron chi connectivity index (χ0n) is 11.4. The molecule has 7 nitrogen and oxygen atoms in total. The summed E-state index contributed by atoms with van der Waals surface area (Å²) in [5.74, 6) is -0.711. The fourth-order valence-corrected chi connectivity index (χ4v) is 1.91. The molecule has 4 N–H and O–H groups in total. The number of aromatic nitrogens is 3. The highest BCUT2D eigenvalue weighted by Gasteiger charge is 2.10. The van der Waals surface area contributed by atoms with Gasteiger partial charge in [-0.25, -0.2) is 4.39 Å². The van der Waals surface area contributed by atoms with Crippen molar-refractivity contribution in [1.29, 1.82) is 0 Å². The van der Waals surface area contributed by atoms with E-state index in [9.17, 15) is 4.39 Å². The predicted octanol–water partition coefficient (Wildman–Crippen LogP) is 0.692. The molecule has 8 heteroatoms. The molecule has 1 heterocycles. The molecule has 1 aromatic carbocycles. The fraction of sp³-hybridized carbons (Fsp3) is 0.308. The van der Waals surface area contributed by atoms with Gasteiger partial charge >= 0.3 is 0 Å². The van der Waals surface area contributed by atoms with Gasteiger partial charge in [-0.2, -0.15) is 0 Å². The Bertz CT molecular complexity index is 599. The Morgan fingerprint density at radius 3 is 3.05 bits per heavy atom. The number of benzene rings is 1. The molecule has 0 atom stereocenters. The van der Waals surface area contributed by atoms with Crippen molar-refractivity contribution < 1.29 is 9.60 Å². The maximum Gasteiger partial charge on any atom is 0.173 e. The molecule has 1 aromatic heterocycles.